The van der Waals surface area contributed by atoms with Crippen LogP contribution in [0.2, 0.25) is 5.02 Å². The first kappa shape index (κ1) is 26.1. The molecule has 0 aliphatic carbocycles. The molecule has 192 valence electrons. The van der Waals surface area contributed by atoms with E-state index in [0.717, 1.165) is 5.56 Å². The predicted molar refractivity (Wildman–Crippen MR) is 143 cm³/mol. The monoisotopic (exact) mass is 521 g/mol. The van der Waals surface area contributed by atoms with E-state index in [9.17, 15) is 14.7 Å². The second-order valence-electron chi connectivity index (χ2n) is 8.43. The predicted octanol–water partition coefficient (Wildman–Crippen LogP) is 6.08. The molecule has 1 fully saturated rings. The smallest absolute Gasteiger partial charge is 0.300 e. The van der Waals surface area contributed by atoms with Crippen LogP contribution in [0.5, 0.6) is 17.2 Å². The van der Waals surface area contributed by atoms with E-state index in [0.29, 0.717) is 41.7 Å². The number of carbonyl (C=O) groups excluding carboxylic acids is 2. The number of ether oxygens (including phenoxy) is 3. The van der Waals surface area contributed by atoms with Crippen molar-refractivity contribution in [2.45, 2.75) is 26.8 Å². The maximum absolute atomic E-state index is 13.5. The number of benzene rings is 3. The van der Waals surface area contributed by atoms with E-state index in [1.807, 2.05) is 39.0 Å². The third-order valence-electron chi connectivity index (χ3n) is 6.03. The first-order chi connectivity index (χ1) is 17.8. The van der Waals surface area contributed by atoms with Crippen molar-refractivity contribution in [2.24, 2.45) is 0 Å². The normalized spacial score (nSPS) is 16.7. The van der Waals surface area contributed by atoms with Crippen molar-refractivity contribution >= 4 is 34.7 Å². The van der Waals surface area contributed by atoms with Gasteiger partial charge in [-0.1, -0.05) is 29.8 Å². The molecule has 1 unspecified atom stereocenters. The Bertz CT molecular complexity index is 1380. The van der Waals surface area contributed by atoms with Gasteiger partial charge in [-0.05, 0) is 74.4 Å². The fourth-order valence-electron chi connectivity index (χ4n) is 4.41. The lowest BCUT2D eigenvalue weighted by Gasteiger charge is -2.26. The Labute approximate surface area is 220 Å². The summed E-state index contributed by atoms with van der Waals surface area (Å²) in [6.45, 7) is 6.37. The SMILES string of the molecule is CCOc1ccc(Cl)c(/C(O)=C2\C(=O)C(=O)N(c3cccc(C)c3)C2c2ccc(OC)c(OCC)c2)c1. The van der Waals surface area contributed by atoms with E-state index >= 15 is 0 Å². The Morgan fingerprint density at radius 1 is 0.973 bits per heavy atom. The summed E-state index contributed by atoms with van der Waals surface area (Å²) in [5.41, 5.74) is 2.10. The highest BCUT2D eigenvalue weighted by Crippen LogP contribution is 2.45. The van der Waals surface area contributed by atoms with Gasteiger partial charge in [0.2, 0.25) is 0 Å². The van der Waals surface area contributed by atoms with Crippen LogP contribution in [0.1, 0.15) is 36.6 Å². The topological polar surface area (TPSA) is 85.3 Å². The molecule has 1 amide bonds. The molecule has 0 radical (unpaired) electrons. The van der Waals surface area contributed by atoms with Crippen LogP contribution in [0.3, 0.4) is 0 Å². The molecule has 0 spiro atoms. The van der Waals surface area contributed by atoms with Gasteiger partial charge in [0.1, 0.15) is 11.5 Å². The molecule has 7 nitrogen and oxygen atoms in total. The molecule has 3 aromatic carbocycles. The van der Waals surface area contributed by atoms with Crippen molar-refractivity contribution in [2.75, 3.05) is 25.2 Å². The van der Waals surface area contributed by atoms with Gasteiger partial charge in [-0.2, -0.15) is 0 Å². The van der Waals surface area contributed by atoms with Crippen LogP contribution in [0, 0.1) is 6.92 Å². The number of hydrogen-bond acceptors (Lipinski definition) is 6. The maximum Gasteiger partial charge on any atom is 0.300 e. The second-order valence-corrected chi connectivity index (χ2v) is 8.83. The van der Waals surface area contributed by atoms with Crippen molar-refractivity contribution < 1.29 is 28.9 Å². The zero-order valence-electron chi connectivity index (χ0n) is 21.1. The number of ketones is 1. The van der Waals surface area contributed by atoms with Gasteiger partial charge in [-0.15, -0.1) is 0 Å². The first-order valence-electron chi connectivity index (χ1n) is 11.9. The fourth-order valence-corrected chi connectivity index (χ4v) is 4.62. The molecule has 37 heavy (non-hydrogen) atoms. The van der Waals surface area contributed by atoms with E-state index in [1.165, 1.54) is 12.0 Å². The number of Topliss-reactive ketones (excluding diaryl/α,β-unsaturated/α-hetero) is 1. The van der Waals surface area contributed by atoms with Crippen LogP contribution in [0.25, 0.3) is 5.76 Å². The van der Waals surface area contributed by atoms with Crippen LogP contribution >= 0.6 is 11.6 Å². The minimum absolute atomic E-state index is 0.0883. The Hall–Kier alpha value is -3.97. The Morgan fingerprint density at radius 2 is 1.73 bits per heavy atom. The van der Waals surface area contributed by atoms with E-state index in [2.05, 4.69) is 0 Å². The largest absolute Gasteiger partial charge is 0.507 e. The van der Waals surface area contributed by atoms with E-state index < -0.39 is 17.7 Å². The van der Waals surface area contributed by atoms with Crippen LogP contribution in [0.15, 0.2) is 66.2 Å². The van der Waals surface area contributed by atoms with Crippen LogP contribution < -0.4 is 19.1 Å². The minimum atomic E-state index is -0.946. The highest BCUT2D eigenvalue weighted by Gasteiger charge is 2.47. The fraction of sp³-hybridized carbons (Fsp3) is 0.241. The van der Waals surface area contributed by atoms with Gasteiger partial charge in [0.05, 0.1) is 37.0 Å². The zero-order chi connectivity index (χ0) is 26.7. The van der Waals surface area contributed by atoms with Crippen molar-refractivity contribution in [3.63, 3.8) is 0 Å². The highest BCUT2D eigenvalue weighted by atomic mass is 35.5. The number of anilines is 1. The molecule has 0 bridgehead atoms. The average molecular weight is 522 g/mol. The van der Waals surface area contributed by atoms with Crippen molar-refractivity contribution in [3.8, 4) is 17.2 Å². The third-order valence-corrected chi connectivity index (χ3v) is 6.36. The van der Waals surface area contributed by atoms with Crippen LogP contribution in [0.4, 0.5) is 5.69 Å². The molecule has 1 N–H and O–H groups in total. The summed E-state index contributed by atoms with van der Waals surface area (Å²) >= 11 is 6.43. The average Bonchev–Trinajstić information content (AvgIpc) is 3.15. The first-order valence-corrected chi connectivity index (χ1v) is 12.3. The van der Waals surface area contributed by atoms with Gasteiger partial charge in [0, 0.05) is 11.3 Å². The number of hydrogen-bond donors (Lipinski definition) is 1. The van der Waals surface area contributed by atoms with Gasteiger partial charge in [0.25, 0.3) is 11.7 Å². The number of methoxy groups -OCH3 is 1. The lowest BCUT2D eigenvalue weighted by atomic mass is 9.94. The lowest BCUT2D eigenvalue weighted by Crippen LogP contribution is -2.29. The van der Waals surface area contributed by atoms with Gasteiger partial charge in [-0.3, -0.25) is 14.5 Å². The molecule has 4 rings (SSSR count). The van der Waals surface area contributed by atoms with Crippen molar-refractivity contribution in [3.05, 3.63) is 87.9 Å². The van der Waals surface area contributed by atoms with Gasteiger partial charge in [-0.25, -0.2) is 0 Å². The van der Waals surface area contributed by atoms with E-state index in [1.54, 1.807) is 42.5 Å². The Morgan fingerprint density at radius 3 is 2.41 bits per heavy atom. The number of nitrogens with zero attached hydrogens (tertiary/aromatic N) is 1. The number of amides is 1. The third kappa shape index (κ3) is 5.00. The molecule has 8 heteroatoms. The molecular formula is C29H28ClNO6. The Kier molecular flexibility index (Phi) is 7.74. The number of rotatable bonds is 8. The summed E-state index contributed by atoms with van der Waals surface area (Å²) in [7, 11) is 1.53. The zero-order valence-corrected chi connectivity index (χ0v) is 21.8. The standard InChI is InChI=1S/C29H28ClNO6/c1-5-36-20-11-12-22(30)21(16-20)27(32)25-26(18-10-13-23(35-4)24(15-18)37-6-2)31(29(34)28(25)33)19-9-7-8-17(3)14-19/h7-16,26,32H,5-6H2,1-4H3/b27-25+. The molecule has 3 aromatic rings. The molecule has 1 saturated heterocycles. The van der Waals surface area contributed by atoms with Gasteiger partial charge < -0.3 is 19.3 Å². The van der Waals surface area contributed by atoms with Crippen molar-refractivity contribution in [1.29, 1.82) is 0 Å². The summed E-state index contributed by atoms with van der Waals surface area (Å²) < 4.78 is 16.7. The molecule has 0 aromatic heterocycles. The number of carbonyl (C=O) groups is 2. The number of aliphatic hydroxyl groups is 1. The van der Waals surface area contributed by atoms with Crippen LogP contribution in [-0.2, 0) is 9.59 Å². The molecule has 0 saturated carbocycles. The number of aryl methyl sites for hydroxylation is 1. The number of halogens is 1. The second kappa shape index (κ2) is 11.0. The summed E-state index contributed by atoms with van der Waals surface area (Å²) in [6.07, 6.45) is 0. The van der Waals surface area contributed by atoms with E-state index in [-0.39, 0.29) is 21.9 Å². The minimum Gasteiger partial charge on any atom is -0.507 e. The van der Waals surface area contributed by atoms with Gasteiger partial charge in [0.15, 0.2) is 11.5 Å². The molecule has 1 atom stereocenters. The molecular weight excluding hydrogens is 494 g/mol. The van der Waals surface area contributed by atoms with Crippen molar-refractivity contribution in [1.82, 2.24) is 0 Å². The van der Waals surface area contributed by atoms with Gasteiger partial charge >= 0.3 is 0 Å². The van der Waals surface area contributed by atoms with Crippen LogP contribution in [-0.4, -0.2) is 37.1 Å². The molecule has 1 aliphatic rings. The highest BCUT2D eigenvalue weighted by molar-refractivity contribution is 6.52. The summed E-state index contributed by atoms with van der Waals surface area (Å²) in [5.74, 6) is -0.544. The quantitative estimate of drug-likeness (QED) is 0.220. The molecule has 1 aliphatic heterocycles. The summed E-state index contributed by atoms with van der Waals surface area (Å²) in [5, 5.41) is 11.7. The summed E-state index contributed by atoms with van der Waals surface area (Å²) in [4.78, 5) is 28.3. The lowest BCUT2D eigenvalue weighted by molar-refractivity contribution is -0.132. The summed E-state index contributed by atoms with van der Waals surface area (Å²) in [6, 6.07) is 16.3. The Balaban J connectivity index is 1.98. The van der Waals surface area contributed by atoms with E-state index in [4.69, 9.17) is 25.8 Å². The maximum atomic E-state index is 13.5. The number of aliphatic hydroxyl groups excluding tert-OH is 1. The molecule has 1 heterocycles.